The van der Waals surface area contributed by atoms with Crippen LogP contribution in [0.25, 0.3) is 0 Å². The number of nitrogens with zero attached hydrogens (tertiary/aromatic N) is 1. The topological polar surface area (TPSA) is 52.9 Å². The van der Waals surface area contributed by atoms with Crippen LogP contribution in [0, 0.1) is 0 Å². The molecule has 1 unspecified atom stereocenters. The quantitative estimate of drug-likeness (QED) is 0.623. The van der Waals surface area contributed by atoms with Gasteiger partial charge in [0, 0.05) is 20.2 Å². The van der Waals surface area contributed by atoms with Crippen molar-refractivity contribution in [2.24, 2.45) is 0 Å². The maximum Gasteiger partial charge on any atom is 0.0899 e. The highest BCUT2D eigenvalue weighted by Gasteiger charge is 2.24. The van der Waals surface area contributed by atoms with Crippen molar-refractivity contribution in [2.75, 3.05) is 33.9 Å². The summed E-state index contributed by atoms with van der Waals surface area (Å²) in [6.07, 6.45) is 0.973. The number of hydrogen-bond donors (Lipinski definition) is 2. The Morgan fingerprint density at radius 1 is 1.33 bits per heavy atom. The van der Waals surface area contributed by atoms with Crippen LogP contribution in [0.4, 0.5) is 0 Å². The molecule has 2 N–H and O–H groups in total. The number of rotatable bonds is 8. The minimum atomic E-state index is -0.637. The zero-order chi connectivity index (χ0) is 11.9. The standard InChI is InChI=1S/C11H25NO3/c1-5-11(14,6-2)9-12(3)7-10(13)8-15-4/h10,13-14H,5-9H2,1-4H3. The van der Waals surface area contributed by atoms with Gasteiger partial charge >= 0.3 is 0 Å². The molecule has 0 aliphatic carbocycles. The first-order valence-corrected chi connectivity index (χ1v) is 5.55. The van der Waals surface area contributed by atoms with E-state index in [1.165, 1.54) is 0 Å². The van der Waals surface area contributed by atoms with Gasteiger partial charge in [0.05, 0.1) is 18.3 Å². The number of likely N-dealkylation sites (N-methyl/N-ethyl adjacent to an activating group) is 1. The Bertz CT molecular complexity index is 160. The van der Waals surface area contributed by atoms with Crippen molar-refractivity contribution in [1.29, 1.82) is 0 Å². The average Bonchev–Trinajstić information content (AvgIpc) is 2.17. The Balaban J connectivity index is 3.95. The van der Waals surface area contributed by atoms with E-state index in [4.69, 9.17) is 4.74 Å². The van der Waals surface area contributed by atoms with E-state index in [0.29, 0.717) is 19.7 Å². The van der Waals surface area contributed by atoms with Gasteiger partial charge in [0.15, 0.2) is 0 Å². The lowest BCUT2D eigenvalue weighted by Gasteiger charge is -2.31. The van der Waals surface area contributed by atoms with Gasteiger partial charge < -0.3 is 19.8 Å². The summed E-state index contributed by atoms with van der Waals surface area (Å²) in [5, 5.41) is 19.6. The second-order valence-corrected chi connectivity index (χ2v) is 4.24. The molecule has 0 aromatic carbocycles. The van der Waals surface area contributed by atoms with Crippen molar-refractivity contribution in [3.05, 3.63) is 0 Å². The molecule has 0 radical (unpaired) electrons. The van der Waals surface area contributed by atoms with E-state index >= 15 is 0 Å². The maximum atomic E-state index is 10.1. The van der Waals surface area contributed by atoms with Crippen LogP contribution in [0.3, 0.4) is 0 Å². The lowest BCUT2D eigenvalue weighted by molar-refractivity contribution is -0.0157. The summed E-state index contributed by atoms with van der Waals surface area (Å²) in [6, 6.07) is 0. The van der Waals surface area contributed by atoms with Crippen LogP contribution in [0.15, 0.2) is 0 Å². The Morgan fingerprint density at radius 3 is 2.27 bits per heavy atom. The summed E-state index contributed by atoms with van der Waals surface area (Å²) in [7, 11) is 3.47. The minimum absolute atomic E-state index is 0.334. The molecule has 0 saturated carbocycles. The van der Waals surface area contributed by atoms with E-state index in [1.54, 1.807) is 7.11 Å². The molecule has 0 aliphatic heterocycles. The molecule has 0 rings (SSSR count). The van der Waals surface area contributed by atoms with E-state index in [9.17, 15) is 10.2 Å². The molecular formula is C11H25NO3. The molecule has 0 fully saturated rings. The highest BCUT2D eigenvalue weighted by Crippen LogP contribution is 2.15. The first-order valence-electron chi connectivity index (χ1n) is 5.55. The third kappa shape index (κ3) is 6.10. The SMILES string of the molecule is CCC(O)(CC)CN(C)CC(O)COC. The lowest BCUT2D eigenvalue weighted by atomic mass is 9.97. The number of hydrogen-bond acceptors (Lipinski definition) is 4. The molecule has 92 valence electrons. The highest BCUT2D eigenvalue weighted by molar-refractivity contribution is 4.79. The van der Waals surface area contributed by atoms with E-state index in [-0.39, 0.29) is 0 Å². The lowest BCUT2D eigenvalue weighted by Crippen LogP contribution is -2.43. The molecule has 0 saturated heterocycles. The monoisotopic (exact) mass is 219 g/mol. The molecule has 0 bridgehead atoms. The zero-order valence-corrected chi connectivity index (χ0v) is 10.4. The summed E-state index contributed by atoms with van der Waals surface area (Å²) < 4.78 is 4.85. The van der Waals surface area contributed by atoms with Crippen LogP contribution in [0.5, 0.6) is 0 Å². The number of methoxy groups -OCH3 is 1. The molecule has 1 atom stereocenters. The number of ether oxygens (including phenoxy) is 1. The Kier molecular flexibility index (Phi) is 7.09. The Hall–Kier alpha value is -0.160. The Morgan fingerprint density at radius 2 is 1.87 bits per heavy atom. The smallest absolute Gasteiger partial charge is 0.0899 e. The van der Waals surface area contributed by atoms with Gasteiger partial charge in [0.2, 0.25) is 0 Å². The highest BCUT2D eigenvalue weighted by atomic mass is 16.5. The summed E-state index contributed by atoms with van der Waals surface area (Å²) >= 11 is 0. The predicted molar refractivity (Wildman–Crippen MR) is 60.9 cm³/mol. The van der Waals surface area contributed by atoms with Crippen LogP contribution >= 0.6 is 0 Å². The molecule has 0 aromatic heterocycles. The van der Waals surface area contributed by atoms with Crippen molar-refractivity contribution in [2.45, 2.75) is 38.4 Å². The van der Waals surface area contributed by atoms with E-state index < -0.39 is 11.7 Å². The van der Waals surface area contributed by atoms with Crippen molar-refractivity contribution in [1.82, 2.24) is 4.90 Å². The molecule has 4 heteroatoms. The van der Waals surface area contributed by atoms with Crippen LogP contribution in [0.1, 0.15) is 26.7 Å². The summed E-state index contributed by atoms with van der Waals surface area (Å²) in [4.78, 5) is 1.94. The fourth-order valence-electron chi connectivity index (χ4n) is 1.65. The molecule has 0 heterocycles. The maximum absolute atomic E-state index is 10.1. The molecule has 0 spiro atoms. The van der Waals surface area contributed by atoms with Gasteiger partial charge in [0.25, 0.3) is 0 Å². The van der Waals surface area contributed by atoms with Gasteiger partial charge in [-0.25, -0.2) is 0 Å². The summed E-state index contributed by atoms with van der Waals surface area (Å²) in [5.41, 5.74) is -0.637. The summed E-state index contributed by atoms with van der Waals surface area (Å²) in [5.74, 6) is 0. The van der Waals surface area contributed by atoms with Gasteiger partial charge in [-0.2, -0.15) is 0 Å². The first-order chi connectivity index (χ1) is 6.97. The first kappa shape index (κ1) is 14.8. The van der Waals surface area contributed by atoms with Crippen LogP contribution in [0.2, 0.25) is 0 Å². The van der Waals surface area contributed by atoms with E-state index in [2.05, 4.69) is 0 Å². The van der Waals surface area contributed by atoms with Crippen LogP contribution in [-0.2, 0) is 4.74 Å². The fourth-order valence-corrected chi connectivity index (χ4v) is 1.65. The van der Waals surface area contributed by atoms with E-state index in [0.717, 1.165) is 12.8 Å². The van der Waals surface area contributed by atoms with Crippen molar-refractivity contribution in [3.8, 4) is 0 Å². The Labute approximate surface area is 92.9 Å². The molecule has 0 aromatic rings. The minimum Gasteiger partial charge on any atom is -0.389 e. The molecule has 0 amide bonds. The fraction of sp³-hybridized carbons (Fsp3) is 1.00. The van der Waals surface area contributed by atoms with Crippen molar-refractivity contribution in [3.63, 3.8) is 0 Å². The zero-order valence-electron chi connectivity index (χ0n) is 10.4. The van der Waals surface area contributed by atoms with Crippen molar-refractivity contribution < 1.29 is 14.9 Å². The third-order valence-electron chi connectivity index (χ3n) is 2.76. The molecule has 15 heavy (non-hydrogen) atoms. The number of aliphatic hydroxyl groups is 2. The third-order valence-corrected chi connectivity index (χ3v) is 2.76. The van der Waals surface area contributed by atoms with Crippen LogP contribution < -0.4 is 0 Å². The second-order valence-electron chi connectivity index (χ2n) is 4.24. The van der Waals surface area contributed by atoms with Gasteiger partial charge in [-0.1, -0.05) is 13.8 Å². The normalized spacial score (nSPS) is 14.6. The van der Waals surface area contributed by atoms with Crippen molar-refractivity contribution >= 4 is 0 Å². The second kappa shape index (κ2) is 7.17. The predicted octanol–water partition coefficient (Wildman–Crippen LogP) is 0.477. The molecule has 0 aliphatic rings. The van der Waals surface area contributed by atoms with Gasteiger partial charge in [-0.3, -0.25) is 0 Å². The van der Waals surface area contributed by atoms with Crippen LogP contribution in [-0.4, -0.2) is 60.7 Å². The average molecular weight is 219 g/mol. The van der Waals surface area contributed by atoms with Gasteiger partial charge in [-0.05, 0) is 19.9 Å². The van der Waals surface area contributed by atoms with Gasteiger partial charge in [0.1, 0.15) is 0 Å². The molecular weight excluding hydrogens is 194 g/mol. The molecule has 4 nitrogen and oxygen atoms in total. The summed E-state index contributed by atoms with van der Waals surface area (Å²) in [6.45, 7) is 5.39. The number of aliphatic hydroxyl groups excluding tert-OH is 1. The van der Waals surface area contributed by atoms with E-state index in [1.807, 2.05) is 25.8 Å². The van der Waals surface area contributed by atoms with Gasteiger partial charge in [-0.15, -0.1) is 0 Å². The largest absolute Gasteiger partial charge is 0.389 e.